The summed E-state index contributed by atoms with van der Waals surface area (Å²) in [5, 5.41) is 5.85. The smallest absolute Gasteiger partial charge is 0.341 e. The summed E-state index contributed by atoms with van der Waals surface area (Å²) < 4.78 is 7.36. The quantitative estimate of drug-likeness (QED) is 0.207. The summed E-state index contributed by atoms with van der Waals surface area (Å²) in [5.74, 6) is -0.383. The van der Waals surface area contributed by atoms with E-state index in [1.165, 1.54) is 11.8 Å². The maximum atomic E-state index is 13.3. The van der Waals surface area contributed by atoms with Gasteiger partial charge in [0.15, 0.2) is 5.65 Å². The molecule has 0 aliphatic heterocycles. The second-order valence-electron chi connectivity index (χ2n) is 7.62. The van der Waals surface area contributed by atoms with Gasteiger partial charge in [0, 0.05) is 16.0 Å². The molecule has 0 bridgehead atoms. The molecular weight excluding hydrogens is 442 g/mol. The van der Waals surface area contributed by atoms with Gasteiger partial charge >= 0.3 is 5.97 Å². The Kier molecular flexibility index (Phi) is 6.14. The molecule has 0 N–H and O–H groups in total. The van der Waals surface area contributed by atoms with Gasteiger partial charge in [0.2, 0.25) is 0 Å². The molecule has 3 aromatic carbocycles. The van der Waals surface area contributed by atoms with Gasteiger partial charge in [-0.05, 0) is 25.3 Å². The van der Waals surface area contributed by atoms with Gasteiger partial charge in [-0.1, -0.05) is 78.9 Å². The van der Waals surface area contributed by atoms with Gasteiger partial charge in [0.25, 0.3) is 0 Å². The number of para-hydroxylation sites is 1. The number of esters is 1. The predicted octanol–water partition coefficient (Wildman–Crippen LogP) is 6.65. The number of rotatable bonds is 6. The lowest BCUT2D eigenvalue weighted by molar-refractivity contribution is 0.0523. The summed E-state index contributed by atoms with van der Waals surface area (Å²) in [4.78, 5) is 19.2. The van der Waals surface area contributed by atoms with E-state index >= 15 is 0 Å². The molecule has 0 unspecified atom stereocenters. The molecule has 0 aliphatic rings. The Morgan fingerprint density at radius 1 is 0.853 bits per heavy atom. The van der Waals surface area contributed by atoms with Crippen molar-refractivity contribution in [3.05, 3.63) is 96.6 Å². The molecule has 34 heavy (non-hydrogen) atoms. The number of carbonyl (C=O) groups excluding carboxylic acids is 1. The van der Waals surface area contributed by atoms with Gasteiger partial charge in [-0.2, -0.15) is 5.10 Å². The van der Waals surface area contributed by atoms with Crippen LogP contribution in [0.3, 0.4) is 0 Å². The molecule has 0 saturated heterocycles. The molecule has 6 heteroatoms. The van der Waals surface area contributed by atoms with Gasteiger partial charge in [-0.25, -0.2) is 14.5 Å². The van der Waals surface area contributed by atoms with E-state index in [9.17, 15) is 4.79 Å². The number of aromatic nitrogens is 3. The molecule has 5 nitrogen and oxygen atoms in total. The van der Waals surface area contributed by atoms with Crippen LogP contribution in [0.15, 0.2) is 95.9 Å². The number of hydrogen-bond acceptors (Lipinski definition) is 5. The third kappa shape index (κ3) is 3.86. The summed E-state index contributed by atoms with van der Waals surface area (Å²) in [6.07, 6.45) is 1.97. The standard InChI is InChI=1S/C28H23N3O2S/c1-3-33-28(32)23-24(19-13-7-4-8-14-19)29-27-22(26(23)34-2)25(20-15-9-5-10-16-20)30-31(27)21-17-11-6-12-18-21/h4-18H,3H2,1-2H3. The summed E-state index contributed by atoms with van der Waals surface area (Å²) in [6.45, 7) is 2.10. The first-order valence-electron chi connectivity index (χ1n) is 11.1. The fourth-order valence-corrected chi connectivity index (χ4v) is 4.84. The van der Waals surface area contributed by atoms with E-state index in [1.54, 1.807) is 0 Å². The number of nitrogens with zero attached hydrogens (tertiary/aromatic N) is 3. The Balaban J connectivity index is 1.94. The monoisotopic (exact) mass is 465 g/mol. The minimum absolute atomic E-state index is 0.285. The maximum absolute atomic E-state index is 13.3. The summed E-state index contributed by atoms with van der Waals surface area (Å²) in [7, 11) is 0. The minimum Gasteiger partial charge on any atom is -0.462 e. The van der Waals surface area contributed by atoms with Crippen molar-refractivity contribution in [3.8, 4) is 28.2 Å². The van der Waals surface area contributed by atoms with E-state index in [4.69, 9.17) is 14.8 Å². The number of fused-ring (bicyclic) bond motifs is 1. The fourth-order valence-electron chi connectivity index (χ4n) is 4.06. The van der Waals surface area contributed by atoms with Crippen molar-refractivity contribution in [3.63, 3.8) is 0 Å². The summed E-state index contributed by atoms with van der Waals surface area (Å²) >= 11 is 1.51. The third-order valence-electron chi connectivity index (χ3n) is 5.55. The zero-order valence-corrected chi connectivity index (χ0v) is 19.8. The maximum Gasteiger partial charge on any atom is 0.341 e. The molecule has 0 aliphatic carbocycles. The molecule has 0 spiro atoms. The SMILES string of the molecule is CCOC(=O)c1c(-c2ccccc2)nc2c(c(-c3ccccc3)nn2-c2ccccc2)c1SC. The average molecular weight is 466 g/mol. The first-order valence-corrected chi connectivity index (χ1v) is 12.3. The first-order chi connectivity index (χ1) is 16.7. The van der Waals surface area contributed by atoms with E-state index in [1.807, 2.05) is 109 Å². The van der Waals surface area contributed by atoms with Crippen molar-refractivity contribution in [2.24, 2.45) is 0 Å². The Hall–Kier alpha value is -3.90. The highest BCUT2D eigenvalue weighted by Crippen LogP contribution is 2.41. The Morgan fingerprint density at radius 2 is 1.41 bits per heavy atom. The highest BCUT2D eigenvalue weighted by atomic mass is 32.2. The largest absolute Gasteiger partial charge is 0.462 e. The molecule has 0 amide bonds. The van der Waals surface area contributed by atoms with Crippen LogP contribution in [0.1, 0.15) is 17.3 Å². The van der Waals surface area contributed by atoms with E-state index in [-0.39, 0.29) is 12.6 Å². The van der Waals surface area contributed by atoms with E-state index in [0.717, 1.165) is 32.8 Å². The molecule has 5 rings (SSSR count). The van der Waals surface area contributed by atoms with Crippen LogP contribution in [-0.2, 0) is 4.74 Å². The minimum atomic E-state index is -0.383. The zero-order chi connectivity index (χ0) is 23.5. The van der Waals surface area contributed by atoms with Crippen molar-refractivity contribution in [1.82, 2.24) is 14.8 Å². The van der Waals surface area contributed by atoms with Crippen LogP contribution in [0.4, 0.5) is 0 Å². The second kappa shape index (κ2) is 9.53. The van der Waals surface area contributed by atoms with Crippen molar-refractivity contribution in [1.29, 1.82) is 0 Å². The molecule has 0 radical (unpaired) electrons. The number of ether oxygens (including phenoxy) is 1. The molecular formula is C28H23N3O2S. The van der Waals surface area contributed by atoms with Crippen molar-refractivity contribution in [2.45, 2.75) is 11.8 Å². The Bertz CT molecular complexity index is 1450. The molecule has 0 atom stereocenters. The lowest BCUT2D eigenvalue weighted by atomic mass is 10.0. The van der Waals surface area contributed by atoms with Gasteiger partial charge in [0.05, 0.1) is 23.4 Å². The Morgan fingerprint density at radius 3 is 1.97 bits per heavy atom. The highest BCUT2D eigenvalue weighted by Gasteiger charge is 2.28. The van der Waals surface area contributed by atoms with E-state index < -0.39 is 0 Å². The van der Waals surface area contributed by atoms with Crippen LogP contribution in [0.25, 0.3) is 39.2 Å². The lowest BCUT2D eigenvalue weighted by Crippen LogP contribution is -2.11. The first kappa shape index (κ1) is 21.9. The van der Waals surface area contributed by atoms with E-state index in [2.05, 4.69) is 0 Å². The molecule has 2 heterocycles. The topological polar surface area (TPSA) is 57.0 Å². The van der Waals surface area contributed by atoms with E-state index in [0.29, 0.717) is 16.9 Å². The van der Waals surface area contributed by atoms with Gasteiger partial charge < -0.3 is 4.74 Å². The second-order valence-corrected chi connectivity index (χ2v) is 8.43. The van der Waals surface area contributed by atoms with Crippen LogP contribution in [0.5, 0.6) is 0 Å². The van der Waals surface area contributed by atoms with Crippen molar-refractivity contribution >= 4 is 28.8 Å². The summed E-state index contributed by atoms with van der Waals surface area (Å²) in [5.41, 5.74) is 5.25. The number of thioether (sulfide) groups is 1. The summed E-state index contributed by atoms with van der Waals surface area (Å²) in [6, 6.07) is 29.7. The van der Waals surface area contributed by atoms with Crippen LogP contribution >= 0.6 is 11.8 Å². The molecule has 2 aromatic heterocycles. The molecule has 0 fully saturated rings. The predicted molar refractivity (Wildman–Crippen MR) is 137 cm³/mol. The number of carbonyl (C=O) groups is 1. The van der Waals surface area contributed by atoms with Crippen LogP contribution < -0.4 is 0 Å². The van der Waals surface area contributed by atoms with Crippen molar-refractivity contribution in [2.75, 3.05) is 12.9 Å². The zero-order valence-electron chi connectivity index (χ0n) is 18.9. The number of hydrogen-bond donors (Lipinski definition) is 0. The Labute approximate surface area is 202 Å². The van der Waals surface area contributed by atoms with Crippen LogP contribution in [-0.4, -0.2) is 33.6 Å². The third-order valence-corrected chi connectivity index (χ3v) is 6.37. The normalized spacial score (nSPS) is 11.0. The van der Waals surface area contributed by atoms with Crippen LogP contribution in [0, 0.1) is 0 Å². The van der Waals surface area contributed by atoms with Crippen LogP contribution in [0.2, 0.25) is 0 Å². The number of benzene rings is 3. The van der Waals surface area contributed by atoms with Gasteiger partial charge in [-0.15, -0.1) is 11.8 Å². The highest BCUT2D eigenvalue weighted by molar-refractivity contribution is 7.99. The number of pyridine rings is 1. The van der Waals surface area contributed by atoms with Gasteiger partial charge in [-0.3, -0.25) is 0 Å². The van der Waals surface area contributed by atoms with Crippen molar-refractivity contribution < 1.29 is 9.53 Å². The fraction of sp³-hybridized carbons (Fsp3) is 0.107. The average Bonchev–Trinajstić information content (AvgIpc) is 3.28. The van der Waals surface area contributed by atoms with Gasteiger partial charge in [0.1, 0.15) is 11.3 Å². The molecule has 168 valence electrons. The lowest BCUT2D eigenvalue weighted by Gasteiger charge is -2.14. The molecule has 5 aromatic rings. The molecule has 0 saturated carbocycles.